The average molecular weight is 345 g/mol. The molecule has 3 rings (SSSR count). The first-order chi connectivity index (χ1) is 11.5. The Morgan fingerprint density at radius 1 is 1.38 bits per heavy atom. The number of carbonyl (C=O) groups excluding carboxylic acids is 1. The predicted molar refractivity (Wildman–Crippen MR) is 96.6 cm³/mol. The minimum absolute atomic E-state index is 0.0702. The van der Waals surface area contributed by atoms with E-state index in [0.717, 1.165) is 34.8 Å². The minimum Gasteiger partial charge on any atom is -0.387 e. The highest BCUT2D eigenvalue weighted by molar-refractivity contribution is 7.99. The SMILES string of the molecule is Cc1nn(-c2ccccc2)c(C)c1CC(=O)NC[C@@]1(O)CCSC1. The molecule has 1 aliphatic heterocycles. The molecule has 0 radical (unpaired) electrons. The number of thioether (sulfide) groups is 1. The monoisotopic (exact) mass is 345 g/mol. The van der Waals surface area contributed by atoms with E-state index >= 15 is 0 Å². The van der Waals surface area contributed by atoms with Crippen LogP contribution in [0, 0.1) is 13.8 Å². The lowest BCUT2D eigenvalue weighted by atomic mass is 10.0. The van der Waals surface area contributed by atoms with Crippen LogP contribution >= 0.6 is 11.8 Å². The summed E-state index contributed by atoms with van der Waals surface area (Å²) in [5.41, 5.74) is 3.02. The van der Waals surface area contributed by atoms with Crippen LogP contribution in [0.15, 0.2) is 30.3 Å². The predicted octanol–water partition coefficient (Wildman–Crippen LogP) is 2.02. The third-order valence-corrected chi connectivity index (χ3v) is 5.71. The molecule has 24 heavy (non-hydrogen) atoms. The molecule has 1 aliphatic rings. The second-order valence-electron chi connectivity index (χ2n) is 6.38. The highest BCUT2D eigenvalue weighted by Crippen LogP contribution is 2.27. The van der Waals surface area contributed by atoms with Crippen molar-refractivity contribution < 1.29 is 9.90 Å². The zero-order valence-electron chi connectivity index (χ0n) is 14.1. The molecule has 2 N–H and O–H groups in total. The molecule has 128 valence electrons. The van der Waals surface area contributed by atoms with Gasteiger partial charge in [0, 0.05) is 23.6 Å². The Morgan fingerprint density at radius 2 is 2.12 bits per heavy atom. The van der Waals surface area contributed by atoms with E-state index in [0.29, 0.717) is 12.3 Å². The first kappa shape index (κ1) is 17.0. The first-order valence-electron chi connectivity index (χ1n) is 8.16. The molecule has 1 amide bonds. The lowest BCUT2D eigenvalue weighted by Crippen LogP contribution is -2.43. The number of hydrogen-bond acceptors (Lipinski definition) is 4. The standard InChI is InChI=1S/C18H23N3O2S/c1-13-16(10-17(22)19-11-18(23)8-9-24-12-18)14(2)21(20-13)15-6-4-3-5-7-15/h3-7,23H,8-12H2,1-2H3,(H,19,22)/t18-/m0/s1. The molecule has 0 saturated carbocycles. The van der Waals surface area contributed by atoms with Crippen LogP contribution in [0.4, 0.5) is 0 Å². The lowest BCUT2D eigenvalue weighted by Gasteiger charge is -2.21. The molecule has 1 fully saturated rings. The number of aliphatic hydroxyl groups is 1. The minimum atomic E-state index is -0.751. The van der Waals surface area contributed by atoms with Crippen molar-refractivity contribution in [3.8, 4) is 5.69 Å². The number of carbonyl (C=O) groups is 1. The molecule has 0 unspecified atom stereocenters. The summed E-state index contributed by atoms with van der Waals surface area (Å²) in [6, 6.07) is 9.90. The summed E-state index contributed by atoms with van der Waals surface area (Å²) in [6.45, 7) is 4.23. The molecule has 1 saturated heterocycles. The smallest absolute Gasteiger partial charge is 0.224 e. The fourth-order valence-electron chi connectivity index (χ4n) is 2.97. The van der Waals surface area contributed by atoms with Gasteiger partial charge < -0.3 is 10.4 Å². The Bertz CT molecular complexity index is 721. The van der Waals surface area contributed by atoms with Gasteiger partial charge in [0.15, 0.2) is 0 Å². The Kier molecular flexibility index (Phi) is 4.96. The fraction of sp³-hybridized carbons (Fsp3) is 0.444. The van der Waals surface area contributed by atoms with Crippen LogP contribution in [0.3, 0.4) is 0 Å². The maximum Gasteiger partial charge on any atom is 0.224 e. The van der Waals surface area contributed by atoms with Crippen LogP contribution in [0.1, 0.15) is 23.4 Å². The highest BCUT2D eigenvalue weighted by atomic mass is 32.2. The van der Waals surface area contributed by atoms with E-state index in [1.807, 2.05) is 48.9 Å². The molecule has 0 bridgehead atoms. The van der Waals surface area contributed by atoms with Crippen LogP contribution in [0.2, 0.25) is 0 Å². The van der Waals surface area contributed by atoms with Gasteiger partial charge in [-0.05, 0) is 38.2 Å². The summed E-state index contributed by atoms with van der Waals surface area (Å²) in [7, 11) is 0. The summed E-state index contributed by atoms with van der Waals surface area (Å²) >= 11 is 1.73. The first-order valence-corrected chi connectivity index (χ1v) is 9.31. The third kappa shape index (κ3) is 3.65. The molecular formula is C18H23N3O2S. The molecule has 2 aromatic rings. The van der Waals surface area contributed by atoms with Crippen molar-refractivity contribution in [2.75, 3.05) is 18.1 Å². The second-order valence-corrected chi connectivity index (χ2v) is 7.48. The number of hydrogen-bond donors (Lipinski definition) is 2. The van der Waals surface area contributed by atoms with Crippen molar-refractivity contribution >= 4 is 17.7 Å². The molecule has 1 aromatic carbocycles. The van der Waals surface area contributed by atoms with E-state index < -0.39 is 5.60 Å². The van der Waals surface area contributed by atoms with E-state index in [4.69, 9.17) is 0 Å². The van der Waals surface area contributed by atoms with Crippen molar-refractivity contribution in [3.63, 3.8) is 0 Å². The quantitative estimate of drug-likeness (QED) is 0.870. The summed E-state index contributed by atoms with van der Waals surface area (Å²) in [6.07, 6.45) is 1.02. The fourth-order valence-corrected chi connectivity index (χ4v) is 4.27. The summed E-state index contributed by atoms with van der Waals surface area (Å²) in [4.78, 5) is 12.3. The van der Waals surface area contributed by atoms with Crippen molar-refractivity contribution in [2.45, 2.75) is 32.3 Å². The molecular weight excluding hydrogens is 322 g/mol. The number of benzene rings is 1. The van der Waals surface area contributed by atoms with E-state index in [9.17, 15) is 9.90 Å². The summed E-state index contributed by atoms with van der Waals surface area (Å²) < 4.78 is 1.87. The number of aryl methyl sites for hydroxylation is 1. The van der Waals surface area contributed by atoms with Gasteiger partial charge in [0.25, 0.3) is 0 Å². The van der Waals surface area contributed by atoms with Crippen molar-refractivity contribution in [1.82, 2.24) is 15.1 Å². The van der Waals surface area contributed by atoms with Crippen molar-refractivity contribution in [3.05, 3.63) is 47.3 Å². The molecule has 1 aromatic heterocycles. The van der Waals surface area contributed by atoms with Gasteiger partial charge in [0.1, 0.15) is 0 Å². The largest absolute Gasteiger partial charge is 0.387 e. The number of para-hydroxylation sites is 1. The van der Waals surface area contributed by atoms with Crippen LogP contribution in [-0.2, 0) is 11.2 Å². The summed E-state index contributed by atoms with van der Waals surface area (Å²) in [5, 5.41) is 17.8. The van der Waals surface area contributed by atoms with Gasteiger partial charge >= 0.3 is 0 Å². The van der Waals surface area contributed by atoms with Crippen LogP contribution in [0.25, 0.3) is 5.69 Å². The zero-order chi connectivity index (χ0) is 17.2. The zero-order valence-corrected chi connectivity index (χ0v) is 14.9. The topological polar surface area (TPSA) is 67.2 Å². The third-order valence-electron chi connectivity index (χ3n) is 4.48. The number of rotatable bonds is 5. The lowest BCUT2D eigenvalue weighted by molar-refractivity contribution is -0.121. The molecule has 2 heterocycles. The molecule has 6 heteroatoms. The van der Waals surface area contributed by atoms with Gasteiger partial charge in [-0.2, -0.15) is 16.9 Å². The van der Waals surface area contributed by atoms with Gasteiger partial charge in [-0.15, -0.1) is 0 Å². The van der Waals surface area contributed by atoms with Gasteiger partial charge in [-0.25, -0.2) is 4.68 Å². The Hall–Kier alpha value is -1.79. The Morgan fingerprint density at radius 3 is 2.79 bits per heavy atom. The maximum absolute atomic E-state index is 12.3. The maximum atomic E-state index is 12.3. The molecule has 1 atom stereocenters. The van der Waals surface area contributed by atoms with Crippen molar-refractivity contribution in [2.24, 2.45) is 0 Å². The molecule has 5 nitrogen and oxygen atoms in total. The van der Waals surface area contributed by atoms with Gasteiger partial charge in [-0.1, -0.05) is 18.2 Å². The van der Waals surface area contributed by atoms with Gasteiger partial charge in [0.2, 0.25) is 5.91 Å². The molecule has 0 spiro atoms. The van der Waals surface area contributed by atoms with Crippen LogP contribution in [0.5, 0.6) is 0 Å². The van der Waals surface area contributed by atoms with E-state index in [1.165, 1.54) is 0 Å². The number of aromatic nitrogens is 2. The van der Waals surface area contributed by atoms with E-state index in [2.05, 4.69) is 10.4 Å². The van der Waals surface area contributed by atoms with Crippen LogP contribution < -0.4 is 5.32 Å². The Labute approximate surface area is 146 Å². The number of nitrogens with zero attached hydrogens (tertiary/aromatic N) is 2. The molecule has 0 aliphatic carbocycles. The number of amides is 1. The highest BCUT2D eigenvalue weighted by Gasteiger charge is 2.32. The van der Waals surface area contributed by atoms with Gasteiger partial charge in [0.05, 0.1) is 23.4 Å². The van der Waals surface area contributed by atoms with Gasteiger partial charge in [-0.3, -0.25) is 4.79 Å². The van der Waals surface area contributed by atoms with E-state index in [-0.39, 0.29) is 12.3 Å². The van der Waals surface area contributed by atoms with Crippen LogP contribution in [-0.4, -0.2) is 44.4 Å². The number of nitrogens with one attached hydrogen (secondary N) is 1. The Balaban J connectivity index is 1.69. The second kappa shape index (κ2) is 6.99. The average Bonchev–Trinajstić information content (AvgIpc) is 3.13. The normalized spacial score (nSPS) is 20.3. The summed E-state index contributed by atoms with van der Waals surface area (Å²) in [5.74, 6) is 1.57. The van der Waals surface area contributed by atoms with Crippen molar-refractivity contribution in [1.29, 1.82) is 0 Å². The van der Waals surface area contributed by atoms with E-state index in [1.54, 1.807) is 11.8 Å².